The highest BCUT2D eigenvalue weighted by atomic mass is 19.4. The maximum Gasteiger partial charge on any atom is 0.416 e. The second-order valence-electron chi connectivity index (χ2n) is 12.3. The lowest BCUT2D eigenvalue weighted by Crippen LogP contribution is -2.40. The van der Waals surface area contributed by atoms with Crippen molar-refractivity contribution in [3.63, 3.8) is 0 Å². The standard InChI is InChI=1S/C33H39F3N6O4/c1-19(2)12-27(42-17-22(10-11-40(5)6)25(14-28(42)43)33(34,35)36)32(46)38-26(15-29(44)45)23-13-24(31-39-37-18-41(31)16-23)30-20(3)8-7-9-21(30)4/h7-9,13-14,16-19,26-27H,10-12,15H2,1-6H3,(H,38,46)(H,44,45)/t26-,27+/m1/s1. The van der Waals surface area contributed by atoms with Crippen molar-refractivity contribution in [1.82, 2.24) is 29.4 Å². The summed E-state index contributed by atoms with van der Waals surface area (Å²) >= 11 is 0. The minimum Gasteiger partial charge on any atom is -0.481 e. The molecule has 3 aromatic heterocycles. The van der Waals surface area contributed by atoms with Crippen molar-refractivity contribution in [2.45, 2.75) is 65.2 Å². The van der Waals surface area contributed by atoms with Gasteiger partial charge >= 0.3 is 12.1 Å². The summed E-state index contributed by atoms with van der Waals surface area (Å²) in [4.78, 5) is 41.0. The number of halogens is 3. The van der Waals surface area contributed by atoms with Crippen LogP contribution in [0, 0.1) is 19.8 Å². The van der Waals surface area contributed by atoms with Gasteiger partial charge in [0.25, 0.3) is 5.56 Å². The summed E-state index contributed by atoms with van der Waals surface area (Å²) in [5.74, 6) is -1.99. The van der Waals surface area contributed by atoms with Crippen molar-refractivity contribution in [1.29, 1.82) is 0 Å². The van der Waals surface area contributed by atoms with E-state index >= 15 is 0 Å². The number of hydrogen-bond acceptors (Lipinski definition) is 6. The second kappa shape index (κ2) is 13.9. The number of nitrogens with zero attached hydrogens (tertiary/aromatic N) is 5. The van der Waals surface area contributed by atoms with Gasteiger partial charge in [-0.1, -0.05) is 32.0 Å². The summed E-state index contributed by atoms with van der Waals surface area (Å²) in [5, 5.41) is 20.9. The quantitative estimate of drug-likeness (QED) is 0.218. The van der Waals surface area contributed by atoms with Gasteiger partial charge in [0.05, 0.1) is 18.0 Å². The van der Waals surface area contributed by atoms with E-state index in [2.05, 4.69) is 15.5 Å². The number of rotatable bonds is 12. The molecule has 0 unspecified atom stereocenters. The van der Waals surface area contributed by atoms with E-state index in [1.165, 1.54) is 6.33 Å². The average Bonchev–Trinajstić information content (AvgIpc) is 3.43. The molecule has 246 valence electrons. The fourth-order valence-corrected chi connectivity index (χ4v) is 5.70. The molecule has 0 fully saturated rings. The van der Waals surface area contributed by atoms with E-state index in [0.717, 1.165) is 27.5 Å². The third kappa shape index (κ3) is 7.82. The van der Waals surface area contributed by atoms with Crippen molar-refractivity contribution in [2.75, 3.05) is 20.6 Å². The van der Waals surface area contributed by atoms with Gasteiger partial charge < -0.3 is 19.9 Å². The number of carboxylic acids is 1. The number of pyridine rings is 2. The molecule has 46 heavy (non-hydrogen) atoms. The lowest BCUT2D eigenvalue weighted by molar-refractivity contribution is -0.139. The number of hydrogen-bond donors (Lipinski definition) is 2. The van der Waals surface area contributed by atoms with Gasteiger partial charge in [0.2, 0.25) is 5.91 Å². The molecule has 4 aromatic rings. The number of likely N-dealkylation sites (N-methyl/N-ethyl adjacent to an activating group) is 1. The van der Waals surface area contributed by atoms with Gasteiger partial charge in [-0.25, -0.2) is 0 Å². The number of carboxylic acid groups (broad SMARTS) is 1. The van der Waals surface area contributed by atoms with Gasteiger partial charge in [0, 0.05) is 30.6 Å². The van der Waals surface area contributed by atoms with E-state index in [0.29, 0.717) is 22.8 Å². The van der Waals surface area contributed by atoms with Crippen LogP contribution >= 0.6 is 0 Å². The molecule has 1 amide bonds. The topological polar surface area (TPSA) is 122 Å². The van der Waals surface area contributed by atoms with Crippen LogP contribution in [0.25, 0.3) is 16.8 Å². The van der Waals surface area contributed by atoms with Crippen LogP contribution < -0.4 is 10.9 Å². The monoisotopic (exact) mass is 640 g/mol. The molecule has 0 saturated carbocycles. The summed E-state index contributed by atoms with van der Waals surface area (Å²) in [6.07, 6.45) is -0.875. The minimum atomic E-state index is -4.75. The van der Waals surface area contributed by atoms with Crippen LogP contribution in [0.1, 0.15) is 66.6 Å². The third-order valence-electron chi connectivity index (χ3n) is 7.89. The molecule has 2 N–H and O–H groups in total. The number of carbonyl (C=O) groups is 2. The predicted molar refractivity (Wildman–Crippen MR) is 167 cm³/mol. The van der Waals surface area contributed by atoms with Crippen molar-refractivity contribution in [2.24, 2.45) is 5.92 Å². The highest BCUT2D eigenvalue weighted by Crippen LogP contribution is 2.34. The lowest BCUT2D eigenvalue weighted by Gasteiger charge is -2.26. The van der Waals surface area contributed by atoms with Crippen molar-refractivity contribution in [3.05, 3.63) is 87.2 Å². The SMILES string of the molecule is Cc1cccc(C)c1-c1cc([C@@H](CC(=O)O)NC(=O)[C@H](CC(C)C)n2cc(CCN(C)C)c(C(F)(F)F)cc2=O)cn2cnnc12. The molecule has 0 aliphatic rings. The maximum absolute atomic E-state index is 14.0. The molecule has 4 rings (SSSR count). The van der Waals surface area contributed by atoms with Gasteiger partial charge in [-0.05, 0) is 80.6 Å². The lowest BCUT2D eigenvalue weighted by atomic mass is 9.93. The van der Waals surface area contributed by atoms with E-state index in [4.69, 9.17) is 0 Å². The number of aliphatic carboxylic acids is 1. The molecular weight excluding hydrogens is 601 g/mol. The van der Waals surface area contributed by atoms with Crippen LogP contribution in [0.15, 0.2) is 53.8 Å². The first-order valence-corrected chi connectivity index (χ1v) is 15.0. The molecule has 0 saturated heterocycles. The van der Waals surface area contributed by atoms with Gasteiger partial charge in [0.1, 0.15) is 12.4 Å². The Labute approximate surface area is 264 Å². The first kappa shape index (κ1) is 34.4. The van der Waals surface area contributed by atoms with Crippen molar-refractivity contribution in [3.8, 4) is 11.1 Å². The largest absolute Gasteiger partial charge is 0.481 e. The summed E-state index contributed by atoms with van der Waals surface area (Å²) in [5.41, 5.74) is 2.38. The van der Waals surface area contributed by atoms with Crippen LogP contribution in [0.3, 0.4) is 0 Å². The maximum atomic E-state index is 14.0. The Morgan fingerprint density at radius 1 is 1.09 bits per heavy atom. The molecule has 1 aromatic carbocycles. The van der Waals surface area contributed by atoms with Gasteiger partial charge in [-0.2, -0.15) is 13.2 Å². The van der Waals surface area contributed by atoms with Gasteiger partial charge in [0.15, 0.2) is 5.65 Å². The number of benzene rings is 1. The summed E-state index contributed by atoms with van der Waals surface area (Å²) in [7, 11) is 3.45. The molecule has 3 heterocycles. The molecule has 0 aliphatic carbocycles. The zero-order valence-corrected chi connectivity index (χ0v) is 26.7. The molecule has 10 nitrogen and oxygen atoms in total. The van der Waals surface area contributed by atoms with Gasteiger partial charge in [-0.3, -0.25) is 18.8 Å². The second-order valence-corrected chi connectivity index (χ2v) is 12.3. The summed E-state index contributed by atoms with van der Waals surface area (Å²) in [6.45, 7) is 7.84. The van der Waals surface area contributed by atoms with E-state index in [-0.39, 0.29) is 30.9 Å². The van der Waals surface area contributed by atoms with E-state index in [1.54, 1.807) is 35.7 Å². The zero-order valence-electron chi connectivity index (χ0n) is 26.7. The van der Waals surface area contributed by atoms with Crippen LogP contribution in [0.4, 0.5) is 13.2 Å². The van der Waals surface area contributed by atoms with Crippen LogP contribution in [-0.2, 0) is 22.2 Å². The highest BCUT2D eigenvalue weighted by molar-refractivity contribution is 5.84. The Morgan fingerprint density at radius 3 is 2.35 bits per heavy atom. The number of aromatic nitrogens is 4. The molecule has 0 radical (unpaired) electrons. The minimum absolute atomic E-state index is 0.000167. The first-order chi connectivity index (χ1) is 21.6. The molecule has 0 bridgehead atoms. The third-order valence-corrected chi connectivity index (χ3v) is 7.89. The number of aryl methyl sites for hydroxylation is 2. The Bertz CT molecular complexity index is 1770. The Balaban J connectivity index is 1.81. The molecule has 13 heteroatoms. The predicted octanol–water partition coefficient (Wildman–Crippen LogP) is 5.22. The van der Waals surface area contributed by atoms with Gasteiger partial charge in [-0.15, -0.1) is 10.2 Å². The van der Waals surface area contributed by atoms with Crippen LogP contribution in [-0.4, -0.2) is 61.7 Å². The molecule has 0 spiro atoms. The van der Waals surface area contributed by atoms with E-state index < -0.39 is 47.7 Å². The molecule has 2 atom stereocenters. The summed E-state index contributed by atoms with van der Waals surface area (Å²) < 4.78 is 44.5. The van der Waals surface area contributed by atoms with E-state index in [1.807, 2.05) is 45.9 Å². The average molecular weight is 641 g/mol. The van der Waals surface area contributed by atoms with Crippen molar-refractivity contribution >= 4 is 17.5 Å². The number of nitrogens with one attached hydrogen (secondary N) is 1. The van der Waals surface area contributed by atoms with Crippen LogP contribution in [0.2, 0.25) is 0 Å². The fourth-order valence-electron chi connectivity index (χ4n) is 5.70. The zero-order chi connectivity index (χ0) is 33.9. The Kier molecular flexibility index (Phi) is 10.3. The van der Waals surface area contributed by atoms with Crippen LogP contribution in [0.5, 0.6) is 0 Å². The fraction of sp³-hybridized carbons (Fsp3) is 0.424. The first-order valence-electron chi connectivity index (χ1n) is 15.0. The van der Waals surface area contributed by atoms with Crippen molar-refractivity contribution < 1.29 is 27.9 Å². The number of carbonyl (C=O) groups excluding carboxylic acids is 1. The highest BCUT2D eigenvalue weighted by Gasteiger charge is 2.36. The van der Waals surface area contributed by atoms with E-state index in [9.17, 15) is 32.7 Å². The summed E-state index contributed by atoms with van der Waals surface area (Å²) in [6, 6.07) is 5.89. The molecular formula is C33H39F3N6O4. The number of fused-ring (bicyclic) bond motifs is 1. The Hall–Kier alpha value is -4.52. The number of amides is 1. The smallest absolute Gasteiger partial charge is 0.416 e. The normalized spacial score (nSPS) is 13.4. The molecule has 0 aliphatic heterocycles. The number of alkyl halides is 3. The Morgan fingerprint density at radius 2 is 1.76 bits per heavy atom.